The van der Waals surface area contributed by atoms with Gasteiger partial charge in [0.25, 0.3) is 0 Å². The van der Waals surface area contributed by atoms with Crippen molar-refractivity contribution in [3.8, 4) is 0 Å². The molecule has 0 spiro atoms. The monoisotopic (exact) mass is 256 g/mol. The number of aromatic nitrogens is 2. The van der Waals surface area contributed by atoms with Crippen LogP contribution in [0, 0.1) is 0 Å². The maximum absolute atomic E-state index is 11.4. The molecule has 0 bridgehead atoms. The number of rotatable bonds is 3. The number of hydrogen-bond donors (Lipinski definition) is 0. The number of pyridine rings is 1. The molecule has 3 heterocycles. The van der Waals surface area contributed by atoms with E-state index < -0.39 is 0 Å². The predicted octanol–water partition coefficient (Wildman–Crippen LogP) is 2.30. The highest BCUT2D eigenvalue weighted by atomic mass is 16.5. The number of hydrogen-bond acceptors (Lipinski definition) is 4. The van der Waals surface area contributed by atoms with Gasteiger partial charge in [-0.15, -0.1) is 0 Å². The third kappa shape index (κ3) is 2.22. The largest absolute Gasteiger partial charge is 0.469 e. The van der Waals surface area contributed by atoms with Gasteiger partial charge < -0.3 is 13.6 Å². The number of fused-ring (bicyclic) bond motifs is 1. The third-order valence-electron chi connectivity index (χ3n) is 2.86. The van der Waals surface area contributed by atoms with Crippen molar-refractivity contribution >= 4 is 11.6 Å². The summed E-state index contributed by atoms with van der Waals surface area (Å²) in [7, 11) is 1.36. The van der Waals surface area contributed by atoms with E-state index >= 15 is 0 Å². The highest BCUT2D eigenvalue weighted by molar-refractivity contribution is 5.89. The summed E-state index contributed by atoms with van der Waals surface area (Å²) in [6.45, 7) is 0. The van der Waals surface area contributed by atoms with Gasteiger partial charge in [-0.1, -0.05) is 0 Å². The van der Waals surface area contributed by atoms with Crippen molar-refractivity contribution in [2.75, 3.05) is 7.11 Å². The fraction of sp³-hybridized carbons (Fsp3) is 0.143. The normalized spacial score (nSPS) is 10.8. The molecule has 5 heteroatoms. The van der Waals surface area contributed by atoms with E-state index in [1.165, 1.54) is 7.11 Å². The lowest BCUT2D eigenvalue weighted by Gasteiger charge is -1.99. The lowest BCUT2D eigenvalue weighted by molar-refractivity contribution is 0.0600. The van der Waals surface area contributed by atoms with Crippen molar-refractivity contribution in [2.45, 2.75) is 6.42 Å². The van der Waals surface area contributed by atoms with E-state index in [0.717, 1.165) is 17.1 Å². The molecule has 3 aromatic heterocycles. The summed E-state index contributed by atoms with van der Waals surface area (Å²) >= 11 is 0. The molecule has 0 aliphatic carbocycles. The summed E-state index contributed by atoms with van der Waals surface area (Å²) < 4.78 is 11.8. The van der Waals surface area contributed by atoms with Crippen LogP contribution in [0.5, 0.6) is 0 Å². The van der Waals surface area contributed by atoms with E-state index in [-0.39, 0.29) is 5.97 Å². The summed E-state index contributed by atoms with van der Waals surface area (Å²) in [4.78, 5) is 15.9. The fourth-order valence-corrected chi connectivity index (χ4v) is 1.96. The van der Waals surface area contributed by atoms with Crippen LogP contribution in [0.2, 0.25) is 0 Å². The van der Waals surface area contributed by atoms with E-state index in [4.69, 9.17) is 4.42 Å². The Balaban J connectivity index is 1.94. The molecule has 0 saturated heterocycles. The lowest BCUT2D eigenvalue weighted by atomic mass is 10.3. The number of methoxy groups -OCH3 is 1. The fourth-order valence-electron chi connectivity index (χ4n) is 1.96. The van der Waals surface area contributed by atoms with E-state index in [1.807, 2.05) is 22.7 Å². The predicted molar refractivity (Wildman–Crippen MR) is 68.0 cm³/mol. The summed E-state index contributed by atoms with van der Waals surface area (Å²) in [5.74, 6) is 0.500. The summed E-state index contributed by atoms with van der Waals surface area (Å²) in [5, 5.41) is 0. The maximum Gasteiger partial charge on any atom is 0.339 e. The molecule has 0 N–H and O–H groups in total. The number of imidazole rings is 1. The van der Waals surface area contributed by atoms with Gasteiger partial charge in [-0.05, 0) is 24.3 Å². The molecule has 3 aromatic rings. The molecule has 0 saturated carbocycles. The van der Waals surface area contributed by atoms with Gasteiger partial charge in [0.05, 0.1) is 24.6 Å². The van der Waals surface area contributed by atoms with E-state index in [2.05, 4.69) is 9.72 Å². The Bertz CT molecular complexity index is 713. The van der Waals surface area contributed by atoms with Crippen LogP contribution in [0.15, 0.2) is 47.3 Å². The number of esters is 1. The van der Waals surface area contributed by atoms with Crippen molar-refractivity contribution in [2.24, 2.45) is 0 Å². The molecule has 0 aliphatic heterocycles. The van der Waals surface area contributed by atoms with Gasteiger partial charge in [-0.2, -0.15) is 0 Å². The van der Waals surface area contributed by atoms with Gasteiger partial charge in [0.1, 0.15) is 11.4 Å². The summed E-state index contributed by atoms with van der Waals surface area (Å²) in [5.41, 5.74) is 2.17. The van der Waals surface area contributed by atoms with E-state index in [0.29, 0.717) is 12.0 Å². The lowest BCUT2D eigenvalue weighted by Crippen LogP contribution is -2.02. The van der Waals surface area contributed by atoms with Gasteiger partial charge in [-0.25, -0.2) is 9.78 Å². The molecule has 0 aliphatic rings. The van der Waals surface area contributed by atoms with Crippen molar-refractivity contribution in [3.63, 3.8) is 0 Å². The van der Waals surface area contributed by atoms with Crippen LogP contribution in [0.1, 0.15) is 21.8 Å². The Morgan fingerprint density at radius 2 is 2.26 bits per heavy atom. The molecule has 0 radical (unpaired) electrons. The first-order valence-corrected chi connectivity index (χ1v) is 5.84. The smallest absolute Gasteiger partial charge is 0.339 e. The van der Waals surface area contributed by atoms with Crippen LogP contribution < -0.4 is 0 Å². The second-order valence-electron chi connectivity index (χ2n) is 4.16. The molecule has 0 fully saturated rings. The molecule has 96 valence electrons. The Hall–Kier alpha value is -2.56. The number of carbonyl (C=O) groups excluding carboxylic acids is 1. The Morgan fingerprint density at radius 1 is 1.37 bits per heavy atom. The number of nitrogens with zero attached hydrogens (tertiary/aromatic N) is 2. The minimum atomic E-state index is -0.358. The van der Waals surface area contributed by atoms with Crippen LogP contribution in [0.25, 0.3) is 5.65 Å². The van der Waals surface area contributed by atoms with Crippen LogP contribution in [0.3, 0.4) is 0 Å². The molecule has 3 rings (SSSR count). The summed E-state index contributed by atoms with van der Waals surface area (Å²) in [6, 6.07) is 7.24. The molecule has 0 atom stereocenters. The molecule has 5 nitrogen and oxygen atoms in total. The maximum atomic E-state index is 11.4. The molecule has 19 heavy (non-hydrogen) atoms. The molecule has 0 aromatic carbocycles. The average Bonchev–Trinajstić information content (AvgIpc) is 3.05. The number of furan rings is 1. The first kappa shape index (κ1) is 11.5. The second-order valence-corrected chi connectivity index (χ2v) is 4.16. The zero-order valence-corrected chi connectivity index (χ0v) is 10.4. The quantitative estimate of drug-likeness (QED) is 0.675. The highest BCUT2D eigenvalue weighted by Crippen LogP contribution is 2.12. The zero-order chi connectivity index (χ0) is 13.2. The van der Waals surface area contributed by atoms with E-state index in [1.54, 1.807) is 24.6 Å². The Morgan fingerprint density at radius 3 is 3.00 bits per heavy atom. The minimum Gasteiger partial charge on any atom is -0.469 e. The SMILES string of the molecule is COC(=O)c1ccc2nc(Cc3ccco3)cn2c1. The van der Waals surface area contributed by atoms with Crippen LogP contribution in [0.4, 0.5) is 0 Å². The van der Waals surface area contributed by atoms with Gasteiger partial charge in [-0.3, -0.25) is 0 Å². The van der Waals surface area contributed by atoms with Gasteiger partial charge in [0, 0.05) is 18.8 Å². The second kappa shape index (κ2) is 4.61. The Labute approximate surface area is 109 Å². The standard InChI is InChI=1S/C14H12N2O3/c1-18-14(17)10-4-5-13-15-11(9-16(13)8-10)7-12-3-2-6-19-12/h2-6,8-9H,7H2,1H3. The highest BCUT2D eigenvalue weighted by Gasteiger charge is 2.09. The molecule has 0 amide bonds. The van der Waals surface area contributed by atoms with Gasteiger partial charge in [0.2, 0.25) is 0 Å². The van der Waals surface area contributed by atoms with E-state index in [9.17, 15) is 4.79 Å². The average molecular weight is 256 g/mol. The number of carbonyl (C=O) groups is 1. The Kier molecular flexibility index (Phi) is 2.79. The minimum absolute atomic E-state index is 0.358. The van der Waals surface area contributed by atoms with Gasteiger partial charge in [0.15, 0.2) is 0 Å². The summed E-state index contributed by atoms with van der Waals surface area (Å²) in [6.07, 6.45) is 5.85. The topological polar surface area (TPSA) is 56.7 Å². The van der Waals surface area contributed by atoms with Crippen LogP contribution in [-0.2, 0) is 11.2 Å². The van der Waals surface area contributed by atoms with Crippen molar-refractivity contribution in [1.82, 2.24) is 9.38 Å². The van der Waals surface area contributed by atoms with Crippen molar-refractivity contribution in [1.29, 1.82) is 0 Å². The van der Waals surface area contributed by atoms with Crippen molar-refractivity contribution in [3.05, 3.63) is 59.9 Å². The first-order chi connectivity index (χ1) is 9.26. The molecule has 0 unspecified atom stereocenters. The third-order valence-corrected chi connectivity index (χ3v) is 2.86. The van der Waals surface area contributed by atoms with Gasteiger partial charge >= 0.3 is 5.97 Å². The zero-order valence-electron chi connectivity index (χ0n) is 10.4. The number of ether oxygens (including phenoxy) is 1. The molecular formula is C14H12N2O3. The molecular weight excluding hydrogens is 244 g/mol. The van der Waals surface area contributed by atoms with Crippen LogP contribution in [-0.4, -0.2) is 22.5 Å². The van der Waals surface area contributed by atoms with Crippen LogP contribution >= 0.6 is 0 Å². The first-order valence-electron chi connectivity index (χ1n) is 5.84. The van der Waals surface area contributed by atoms with Crippen molar-refractivity contribution < 1.29 is 13.9 Å².